The fourth-order valence-corrected chi connectivity index (χ4v) is 7.06. The van der Waals surface area contributed by atoms with Crippen molar-refractivity contribution < 1.29 is 5.11 Å². The molecule has 4 aliphatic carbocycles. The second kappa shape index (κ2) is 7.22. The van der Waals surface area contributed by atoms with Gasteiger partial charge in [0.1, 0.15) is 0 Å². The van der Waals surface area contributed by atoms with Gasteiger partial charge in [-0.3, -0.25) is 0 Å². The van der Waals surface area contributed by atoms with Crippen LogP contribution in [0.2, 0.25) is 0 Å². The molecule has 0 aromatic carbocycles. The molecule has 0 amide bonds. The third kappa shape index (κ3) is 3.14. The fraction of sp³-hybridized carbons (Fsp3) is 0.704. The predicted octanol–water partition coefficient (Wildman–Crippen LogP) is 7.92. The highest BCUT2D eigenvalue weighted by molar-refractivity contribution is 5.56. The van der Waals surface area contributed by atoms with Crippen molar-refractivity contribution in [3.05, 3.63) is 46.8 Å². The highest BCUT2D eigenvalue weighted by Gasteiger charge is 2.53. The molecule has 0 aromatic heterocycles. The summed E-state index contributed by atoms with van der Waals surface area (Å²) in [5.74, 6) is 3.80. The lowest BCUT2D eigenvalue weighted by Crippen LogP contribution is -2.39. The molecule has 0 unspecified atom stereocenters. The zero-order chi connectivity index (χ0) is 20.1. The third-order valence-corrected chi connectivity index (χ3v) is 8.85. The second-order valence-electron chi connectivity index (χ2n) is 11.1. The van der Waals surface area contributed by atoms with Gasteiger partial charge in [0.05, 0.1) is 5.76 Å². The first kappa shape index (κ1) is 20.0. The minimum atomic E-state index is 0.110. The van der Waals surface area contributed by atoms with Crippen LogP contribution in [0.4, 0.5) is 0 Å². The van der Waals surface area contributed by atoms with E-state index in [0.717, 1.165) is 36.5 Å². The Morgan fingerprint density at radius 1 is 1.11 bits per heavy atom. The fourth-order valence-electron chi connectivity index (χ4n) is 7.06. The lowest BCUT2D eigenvalue weighted by atomic mass is 9.55. The maximum atomic E-state index is 10.0. The molecule has 1 fully saturated rings. The van der Waals surface area contributed by atoms with Crippen LogP contribution in [0.25, 0.3) is 0 Å². The van der Waals surface area contributed by atoms with Crippen LogP contribution >= 0.6 is 0 Å². The summed E-state index contributed by atoms with van der Waals surface area (Å²) in [4.78, 5) is 0. The number of hydrogen-bond acceptors (Lipinski definition) is 1. The summed E-state index contributed by atoms with van der Waals surface area (Å²) in [6.45, 7) is 12.2. The van der Waals surface area contributed by atoms with Crippen molar-refractivity contribution in [2.24, 2.45) is 34.5 Å². The van der Waals surface area contributed by atoms with Crippen LogP contribution in [0.5, 0.6) is 0 Å². The number of fused-ring (bicyclic) bond motifs is 5. The van der Waals surface area contributed by atoms with Gasteiger partial charge in [0.15, 0.2) is 0 Å². The van der Waals surface area contributed by atoms with E-state index in [0.29, 0.717) is 11.2 Å². The maximum Gasteiger partial charge on any atom is 0.0926 e. The Morgan fingerprint density at radius 2 is 1.89 bits per heavy atom. The molecule has 4 aliphatic rings. The Balaban J connectivity index is 1.59. The molecule has 0 spiro atoms. The van der Waals surface area contributed by atoms with Crippen molar-refractivity contribution in [2.45, 2.75) is 86.0 Å². The molecule has 0 aliphatic heterocycles. The normalized spacial score (nSPS) is 37.9. The van der Waals surface area contributed by atoms with E-state index in [1.165, 1.54) is 44.1 Å². The quantitative estimate of drug-likeness (QED) is 0.513. The third-order valence-electron chi connectivity index (χ3n) is 8.85. The van der Waals surface area contributed by atoms with Gasteiger partial charge < -0.3 is 5.11 Å². The smallest absolute Gasteiger partial charge is 0.0926 e. The summed E-state index contributed by atoms with van der Waals surface area (Å²) in [6.07, 6.45) is 19.4. The molecule has 28 heavy (non-hydrogen) atoms. The lowest BCUT2D eigenvalue weighted by molar-refractivity contribution is 0.119. The number of aliphatic hydroxyl groups excluding tert-OH is 1. The Kier molecular flexibility index (Phi) is 5.17. The molecular weight excluding hydrogens is 340 g/mol. The van der Waals surface area contributed by atoms with Gasteiger partial charge in [0.2, 0.25) is 0 Å². The van der Waals surface area contributed by atoms with Crippen LogP contribution in [0.1, 0.15) is 86.0 Å². The van der Waals surface area contributed by atoms with Crippen LogP contribution in [0.15, 0.2) is 46.8 Å². The summed E-state index contributed by atoms with van der Waals surface area (Å²) < 4.78 is 0. The topological polar surface area (TPSA) is 20.2 Å². The van der Waals surface area contributed by atoms with Crippen LogP contribution in [-0.4, -0.2) is 5.11 Å². The number of rotatable bonds is 5. The molecule has 0 radical (unpaired) electrons. The molecule has 1 nitrogen and oxygen atoms in total. The van der Waals surface area contributed by atoms with Gasteiger partial charge in [-0.2, -0.15) is 0 Å². The molecule has 1 saturated carbocycles. The van der Waals surface area contributed by atoms with E-state index < -0.39 is 0 Å². The molecular formula is C27H40O. The van der Waals surface area contributed by atoms with E-state index in [1.54, 1.807) is 11.1 Å². The summed E-state index contributed by atoms with van der Waals surface area (Å²) in [5, 5.41) is 10.0. The van der Waals surface area contributed by atoms with Gasteiger partial charge in [-0.1, -0.05) is 72.1 Å². The van der Waals surface area contributed by atoms with Crippen LogP contribution in [-0.2, 0) is 0 Å². The van der Waals surface area contributed by atoms with Crippen molar-refractivity contribution in [2.75, 3.05) is 0 Å². The first-order valence-electron chi connectivity index (χ1n) is 11.8. The number of hydrogen-bond donors (Lipinski definition) is 1. The maximum absolute atomic E-state index is 10.0. The Hall–Kier alpha value is -1.24. The zero-order valence-electron chi connectivity index (χ0n) is 18.7. The highest BCUT2D eigenvalue weighted by atomic mass is 16.3. The van der Waals surface area contributed by atoms with E-state index >= 15 is 0 Å². The first-order valence-corrected chi connectivity index (χ1v) is 11.8. The van der Waals surface area contributed by atoms with Gasteiger partial charge in [0.25, 0.3) is 0 Å². The van der Waals surface area contributed by atoms with Crippen molar-refractivity contribution in [3.63, 3.8) is 0 Å². The predicted molar refractivity (Wildman–Crippen MR) is 119 cm³/mol. The minimum Gasteiger partial charge on any atom is -0.512 e. The van der Waals surface area contributed by atoms with Gasteiger partial charge in [-0.15, -0.1) is 0 Å². The molecule has 0 aromatic rings. The Bertz CT molecular complexity index is 748. The summed E-state index contributed by atoms with van der Waals surface area (Å²) in [6, 6.07) is 0. The summed E-state index contributed by atoms with van der Waals surface area (Å²) in [5.41, 5.74) is 5.07. The van der Waals surface area contributed by atoms with Crippen molar-refractivity contribution in [1.29, 1.82) is 0 Å². The Morgan fingerprint density at radius 3 is 2.64 bits per heavy atom. The Labute approximate surface area is 172 Å². The largest absolute Gasteiger partial charge is 0.512 e. The van der Waals surface area contributed by atoms with E-state index in [4.69, 9.17) is 0 Å². The average molecular weight is 381 g/mol. The molecule has 154 valence electrons. The van der Waals surface area contributed by atoms with Gasteiger partial charge >= 0.3 is 0 Å². The second-order valence-corrected chi connectivity index (χ2v) is 11.1. The van der Waals surface area contributed by atoms with Gasteiger partial charge in [-0.05, 0) is 77.6 Å². The molecule has 0 saturated heterocycles. The van der Waals surface area contributed by atoms with Gasteiger partial charge in [0, 0.05) is 11.8 Å². The average Bonchev–Trinajstić information content (AvgIpc) is 2.99. The SMILES string of the molecule is CC(C)CCC[C@@H](C)[C@H]1CC[C@H]2C3=CC=C4C=C(O)CC[C@]4(C)C3=CC[C@]12C. The van der Waals surface area contributed by atoms with Crippen molar-refractivity contribution in [3.8, 4) is 0 Å². The highest BCUT2D eigenvalue weighted by Crippen LogP contribution is 2.63. The van der Waals surface area contributed by atoms with Crippen molar-refractivity contribution in [1.82, 2.24) is 0 Å². The molecule has 1 N–H and O–H groups in total. The number of allylic oxidation sites excluding steroid dienone is 8. The molecule has 0 bridgehead atoms. The molecule has 5 atom stereocenters. The van der Waals surface area contributed by atoms with E-state index in [2.05, 4.69) is 52.8 Å². The lowest BCUT2D eigenvalue weighted by Gasteiger charge is -2.49. The van der Waals surface area contributed by atoms with E-state index in [1.807, 2.05) is 6.08 Å². The molecule has 0 heterocycles. The first-order chi connectivity index (χ1) is 13.3. The standard InChI is InChI=1S/C27H40O/c1-18(2)7-6-8-19(3)23-11-12-24-22-10-9-20-17-21(28)13-15-26(20,4)25(22)14-16-27(23,24)5/h9-10,14,17-19,23-24,28H,6-8,11-13,15-16H2,1-5H3/t19-,23-,24+,26+,27-/m1/s1. The van der Waals surface area contributed by atoms with E-state index in [-0.39, 0.29) is 5.41 Å². The molecule has 1 heteroatoms. The van der Waals surface area contributed by atoms with Gasteiger partial charge in [-0.25, -0.2) is 0 Å². The minimum absolute atomic E-state index is 0.110. The van der Waals surface area contributed by atoms with Crippen LogP contribution in [0.3, 0.4) is 0 Å². The van der Waals surface area contributed by atoms with Crippen molar-refractivity contribution >= 4 is 0 Å². The summed E-state index contributed by atoms with van der Waals surface area (Å²) >= 11 is 0. The monoisotopic (exact) mass is 380 g/mol. The summed E-state index contributed by atoms with van der Waals surface area (Å²) in [7, 11) is 0. The zero-order valence-corrected chi connectivity index (χ0v) is 18.7. The van der Waals surface area contributed by atoms with Crippen LogP contribution in [0, 0.1) is 34.5 Å². The number of aliphatic hydroxyl groups is 1. The van der Waals surface area contributed by atoms with E-state index in [9.17, 15) is 5.11 Å². The van der Waals surface area contributed by atoms with Crippen LogP contribution < -0.4 is 0 Å². The molecule has 4 rings (SSSR count).